The highest BCUT2D eigenvalue weighted by Crippen LogP contribution is 2.37. The predicted molar refractivity (Wildman–Crippen MR) is 166 cm³/mol. The first kappa shape index (κ1) is 37.2. The van der Waals surface area contributed by atoms with Crippen LogP contribution in [0, 0.1) is 11.8 Å². The van der Waals surface area contributed by atoms with E-state index in [9.17, 15) is 28.8 Å². The van der Waals surface area contributed by atoms with Crippen molar-refractivity contribution in [3.8, 4) is 0 Å². The summed E-state index contributed by atoms with van der Waals surface area (Å²) in [6.07, 6.45) is 2.20. The maximum absolute atomic E-state index is 13.3. The third kappa shape index (κ3) is 11.5. The van der Waals surface area contributed by atoms with Crippen molar-refractivity contribution < 1.29 is 38.2 Å². The second-order valence-electron chi connectivity index (χ2n) is 12.0. The first-order chi connectivity index (χ1) is 21.3. The minimum absolute atomic E-state index is 0.138. The molecule has 6 N–H and O–H groups in total. The zero-order valence-corrected chi connectivity index (χ0v) is 27.0. The number of carbonyl (C=O) groups excluding carboxylic acids is 6. The molecule has 13 heteroatoms. The van der Waals surface area contributed by atoms with Gasteiger partial charge in [0, 0.05) is 6.54 Å². The zero-order chi connectivity index (χ0) is 33.6. The van der Waals surface area contributed by atoms with Gasteiger partial charge >= 0.3 is 12.1 Å². The first-order valence-corrected chi connectivity index (χ1v) is 15.5. The fourth-order valence-corrected chi connectivity index (χ4v) is 5.49. The quantitative estimate of drug-likeness (QED) is 0.126. The topological polar surface area (TPSA) is 195 Å². The largest absolute Gasteiger partial charge is 0.467 e. The Morgan fingerprint density at radius 1 is 0.978 bits per heavy atom. The van der Waals surface area contributed by atoms with Crippen LogP contribution in [0.1, 0.15) is 78.2 Å². The second kappa shape index (κ2) is 18.1. The van der Waals surface area contributed by atoms with E-state index in [4.69, 9.17) is 15.2 Å². The molecule has 0 aliphatic heterocycles. The normalized spacial score (nSPS) is 19.5. The van der Waals surface area contributed by atoms with Crippen LogP contribution in [0.5, 0.6) is 0 Å². The number of carbonyl (C=O) groups is 6. The number of Topliss-reactive ketones (excluding diaryl/α,β-unsaturated/α-hetero) is 1. The summed E-state index contributed by atoms with van der Waals surface area (Å²) in [6, 6.07) is 6.32. The number of nitrogens with one attached hydrogen (secondary N) is 4. The van der Waals surface area contributed by atoms with E-state index in [0.717, 1.165) is 5.56 Å². The van der Waals surface area contributed by atoms with Crippen molar-refractivity contribution in [2.24, 2.45) is 17.6 Å². The molecule has 1 aromatic carbocycles. The van der Waals surface area contributed by atoms with E-state index in [1.807, 2.05) is 44.2 Å². The molecular formula is C32H49N5O8. The molecule has 4 amide bonds. The van der Waals surface area contributed by atoms with Gasteiger partial charge in [-0.2, -0.15) is 0 Å². The average Bonchev–Trinajstić information content (AvgIpc) is 3.43. The lowest BCUT2D eigenvalue weighted by atomic mass is 9.84. The Morgan fingerprint density at radius 3 is 2.29 bits per heavy atom. The summed E-state index contributed by atoms with van der Waals surface area (Å²) >= 11 is 0. The minimum Gasteiger partial charge on any atom is -0.467 e. The number of hydrogen-bond acceptors (Lipinski definition) is 9. The van der Waals surface area contributed by atoms with Crippen molar-refractivity contribution in [1.82, 2.24) is 21.3 Å². The van der Waals surface area contributed by atoms with Gasteiger partial charge < -0.3 is 36.5 Å². The number of nitrogens with two attached hydrogens (primary N) is 1. The van der Waals surface area contributed by atoms with Crippen molar-refractivity contribution >= 4 is 35.6 Å². The SMILES string of the molecule is COC(=O)C1(NC(=O)[C@H](C)NC(=O)[C@H](CCCCNC(=O)OCc2ccccc2)NC(=O)[C@@H](N)CC(C)C)CCCC1C(C)=O. The van der Waals surface area contributed by atoms with Gasteiger partial charge in [-0.3, -0.25) is 19.2 Å². The average molecular weight is 632 g/mol. The van der Waals surface area contributed by atoms with Crippen LogP contribution < -0.4 is 27.0 Å². The van der Waals surface area contributed by atoms with Gasteiger partial charge in [-0.25, -0.2) is 9.59 Å². The molecule has 250 valence electrons. The number of esters is 1. The van der Waals surface area contributed by atoms with E-state index in [2.05, 4.69) is 21.3 Å². The molecule has 1 fully saturated rings. The van der Waals surface area contributed by atoms with Gasteiger partial charge in [0.15, 0.2) is 0 Å². The molecule has 1 aliphatic rings. The van der Waals surface area contributed by atoms with Gasteiger partial charge in [0.05, 0.1) is 19.1 Å². The monoisotopic (exact) mass is 631 g/mol. The summed E-state index contributed by atoms with van der Waals surface area (Å²) < 4.78 is 10.1. The molecule has 45 heavy (non-hydrogen) atoms. The number of rotatable bonds is 17. The molecule has 2 rings (SSSR count). The molecule has 0 aromatic heterocycles. The predicted octanol–water partition coefficient (Wildman–Crippen LogP) is 1.86. The van der Waals surface area contributed by atoms with E-state index >= 15 is 0 Å². The molecule has 1 saturated carbocycles. The Labute approximate surface area is 265 Å². The number of ketones is 1. The number of benzene rings is 1. The molecule has 1 aromatic rings. The third-order valence-electron chi connectivity index (χ3n) is 7.89. The maximum Gasteiger partial charge on any atom is 0.407 e. The van der Waals surface area contributed by atoms with Crippen LogP contribution in [0.25, 0.3) is 0 Å². The standard InChI is InChI=1S/C32H49N5O8/c1-20(2)18-25(33)28(40)36-26(15-9-10-17-34-31(43)45-19-23-12-7-6-8-13-23)29(41)35-21(3)27(39)37-32(30(42)44-5)16-11-14-24(32)22(4)38/h6-8,12-13,20-21,24-26H,9-11,14-19,33H2,1-5H3,(H,34,43)(H,35,41)(H,36,40)(H,37,39)/t21-,24?,25-,26-,32?/m0/s1. The summed E-state index contributed by atoms with van der Waals surface area (Å²) in [6.45, 7) is 7.10. The van der Waals surface area contributed by atoms with E-state index in [1.54, 1.807) is 0 Å². The fraction of sp³-hybridized carbons (Fsp3) is 0.625. The van der Waals surface area contributed by atoms with Gasteiger partial charge in [0.2, 0.25) is 17.7 Å². The molecule has 2 unspecified atom stereocenters. The molecule has 0 radical (unpaired) electrons. The van der Waals surface area contributed by atoms with E-state index in [1.165, 1.54) is 21.0 Å². The van der Waals surface area contributed by atoms with Crippen LogP contribution in [0.15, 0.2) is 30.3 Å². The second-order valence-corrected chi connectivity index (χ2v) is 12.0. The summed E-state index contributed by atoms with van der Waals surface area (Å²) in [5.74, 6) is -3.31. The molecule has 5 atom stereocenters. The van der Waals surface area contributed by atoms with E-state index in [-0.39, 0.29) is 37.7 Å². The number of methoxy groups -OCH3 is 1. The van der Waals surface area contributed by atoms with Crippen LogP contribution >= 0.6 is 0 Å². The molecule has 13 nitrogen and oxygen atoms in total. The summed E-state index contributed by atoms with van der Waals surface area (Å²) in [7, 11) is 1.19. The number of hydrogen-bond donors (Lipinski definition) is 5. The summed E-state index contributed by atoms with van der Waals surface area (Å²) in [4.78, 5) is 76.4. The minimum atomic E-state index is -1.51. The molecule has 0 saturated heterocycles. The smallest absolute Gasteiger partial charge is 0.407 e. The van der Waals surface area contributed by atoms with Gasteiger partial charge in [-0.15, -0.1) is 0 Å². The molecule has 0 heterocycles. The Balaban J connectivity index is 1.99. The van der Waals surface area contributed by atoms with E-state index in [0.29, 0.717) is 32.1 Å². The zero-order valence-electron chi connectivity index (χ0n) is 27.0. The number of ether oxygens (including phenoxy) is 2. The molecular weight excluding hydrogens is 582 g/mol. The summed E-state index contributed by atoms with van der Waals surface area (Å²) in [5, 5.41) is 10.7. The van der Waals surface area contributed by atoms with Crippen molar-refractivity contribution in [3.05, 3.63) is 35.9 Å². The van der Waals surface area contributed by atoms with Crippen LogP contribution in [0.4, 0.5) is 4.79 Å². The van der Waals surface area contributed by atoms with Crippen molar-refractivity contribution in [2.75, 3.05) is 13.7 Å². The highest BCUT2D eigenvalue weighted by Gasteiger charge is 2.53. The van der Waals surface area contributed by atoms with Gasteiger partial charge in [-0.1, -0.05) is 44.2 Å². The summed E-state index contributed by atoms with van der Waals surface area (Å²) in [5.41, 5.74) is 5.39. The van der Waals surface area contributed by atoms with Crippen LogP contribution in [-0.4, -0.2) is 72.9 Å². The Kier molecular flexibility index (Phi) is 14.9. The first-order valence-electron chi connectivity index (χ1n) is 15.5. The highest BCUT2D eigenvalue weighted by atomic mass is 16.5. The van der Waals surface area contributed by atoms with Crippen molar-refractivity contribution in [2.45, 2.75) is 103 Å². The third-order valence-corrected chi connectivity index (χ3v) is 7.89. The molecule has 1 aliphatic carbocycles. The van der Waals surface area contributed by atoms with Gasteiger partial charge in [-0.05, 0) is 70.3 Å². The maximum atomic E-state index is 13.3. The number of unbranched alkanes of at least 4 members (excludes halogenated alkanes) is 1. The lowest BCUT2D eigenvalue weighted by Crippen LogP contribution is -2.63. The van der Waals surface area contributed by atoms with Crippen molar-refractivity contribution in [1.29, 1.82) is 0 Å². The Bertz CT molecular complexity index is 1180. The Morgan fingerprint density at radius 2 is 1.67 bits per heavy atom. The lowest BCUT2D eigenvalue weighted by Gasteiger charge is -2.33. The number of alkyl carbamates (subject to hydrolysis) is 1. The van der Waals surface area contributed by atoms with E-state index < -0.39 is 59.4 Å². The van der Waals surface area contributed by atoms with Crippen molar-refractivity contribution in [3.63, 3.8) is 0 Å². The van der Waals surface area contributed by atoms with Crippen LogP contribution in [0.3, 0.4) is 0 Å². The lowest BCUT2D eigenvalue weighted by molar-refractivity contribution is -0.155. The molecule has 0 spiro atoms. The van der Waals surface area contributed by atoms with Crippen LogP contribution in [-0.2, 0) is 40.1 Å². The van der Waals surface area contributed by atoms with Gasteiger partial charge in [0.25, 0.3) is 0 Å². The number of amides is 4. The van der Waals surface area contributed by atoms with Crippen LogP contribution in [0.2, 0.25) is 0 Å². The Hall–Kier alpha value is -4.00. The highest BCUT2D eigenvalue weighted by molar-refractivity contribution is 5.98. The molecule has 0 bridgehead atoms. The van der Waals surface area contributed by atoms with Gasteiger partial charge in [0.1, 0.15) is 30.0 Å². The fourth-order valence-electron chi connectivity index (χ4n) is 5.49.